The lowest BCUT2D eigenvalue weighted by Gasteiger charge is -2.35. The standard InChI is InChI=1S/C24H34N2O5/c1-3-31-24(30)19(14-13-17-9-5-4-6-10-17)25-16(2)22(27)26-20-12-8-7-11-18(20)15-21(26)23(28)29/h4-6,9-10,16,18-21,25H,3,7-8,11-15H2,1-2H3,(H,28,29)/t16-,18+,19-,20+,21+/m0/s1. The van der Waals surface area contributed by atoms with Gasteiger partial charge in [0, 0.05) is 6.04 Å². The molecule has 7 heteroatoms. The van der Waals surface area contributed by atoms with Crippen LogP contribution >= 0.6 is 0 Å². The fourth-order valence-corrected chi connectivity index (χ4v) is 5.06. The van der Waals surface area contributed by atoms with E-state index in [-0.39, 0.29) is 30.4 Å². The van der Waals surface area contributed by atoms with E-state index >= 15 is 0 Å². The van der Waals surface area contributed by atoms with Gasteiger partial charge >= 0.3 is 11.9 Å². The molecule has 31 heavy (non-hydrogen) atoms. The molecule has 2 aliphatic rings. The summed E-state index contributed by atoms with van der Waals surface area (Å²) < 4.78 is 5.22. The Morgan fingerprint density at radius 1 is 1.19 bits per heavy atom. The van der Waals surface area contributed by atoms with Crippen LogP contribution in [0.5, 0.6) is 0 Å². The number of ether oxygens (including phenoxy) is 1. The fraction of sp³-hybridized carbons (Fsp3) is 0.625. The van der Waals surface area contributed by atoms with E-state index in [2.05, 4.69) is 5.32 Å². The number of nitrogens with one attached hydrogen (secondary N) is 1. The third-order valence-electron chi connectivity index (χ3n) is 6.58. The summed E-state index contributed by atoms with van der Waals surface area (Å²) in [5.74, 6) is -1.31. The molecule has 5 atom stereocenters. The minimum absolute atomic E-state index is 0.0167. The molecule has 0 spiro atoms. The highest BCUT2D eigenvalue weighted by molar-refractivity contribution is 5.88. The van der Waals surface area contributed by atoms with Gasteiger partial charge in [-0.3, -0.25) is 14.9 Å². The molecule has 0 unspecified atom stereocenters. The Kier molecular flexibility index (Phi) is 8.07. The van der Waals surface area contributed by atoms with Crippen molar-refractivity contribution in [2.75, 3.05) is 6.61 Å². The molecule has 2 fully saturated rings. The molecular formula is C24H34N2O5. The van der Waals surface area contributed by atoms with Crippen LogP contribution in [0, 0.1) is 5.92 Å². The van der Waals surface area contributed by atoms with Crippen LogP contribution in [0.4, 0.5) is 0 Å². The van der Waals surface area contributed by atoms with Gasteiger partial charge in [-0.05, 0) is 57.4 Å². The predicted octanol–water partition coefficient (Wildman–Crippen LogP) is 2.77. The zero-order valence-corrected chi connectivity index (χ0v) is 18.5. The van der Waals surface area contributed by atoms with E-state index < -0.39 is 24.1 Å². The number of carbonyl (C=O) groups is 3. The number of aliphatic carboxylic acids is 1. The van der Waals surface area contributed by atoms with Gasteiger partial charge in [-0.1, -0.05) is 43.2 Å². The van der Waals surface area contributed by atoms with Crippen molar-refractivity contribution in [3.8, 4) is 0 Å². The maximum atomic E-state index is 13.4. The van der Waals surface area contributed by atoms with Gasteiger partial charge in [-0.15, -0.1) is 0 Å². The largest absolute Gasteiger partial charge is 0.480 e. The highest BCUT2D eigenvalue weighted by Gasteiger charge is 2.48. The van der Waals surface area contributed by atoms with Gasteiger partial charge in [-0.2, -0.15) is 0 Å². The van der Waals surface area contributed by atoms with Crippen molar-refractivity contribution < 1.29 is 24.2 Å². The van der Waals surface area contributed by atoms with Crippen molar-refractivity contribution in [3.63, 3.8) is 0 Å². The van der Waals surface area contributed by atoms with Crippen LogP contribution < -0.4 is 5.32 Å². The van der Waals surface area contributed by atoms with Crippen LogP contribution in [0.15, 0.2) is 30.3 Å². The van der Waals surface area contributed by atoms with Crippen LogP contribution in [-0.4, -0.2) is 58.6 Å². The van der Waals surface area contributed by atoms with E-state index in [0.29, 0.717) is 19.3 Å². The van der Waals surface area contributed by atoms with Crippen LogP contribution in [0.1, 0.15) is 57.9 Å². The lowest BCUT2D eigenvalue weighted by atomic mass is 9.84. The predicted molar refractivity (Wildman–Crippen MR) is 116 cm³/mol. The molecule has 0 bridgehead atoms. The van der Waals surface area contributed by atoms with E-state index in [0.717, 1.165) is 31.2 Å². The lowest BCUT2D eigenvalue weighted by molar-refractivity contribution is -0.152. The van der Waals surface area contributed by atoms with E-state index in [1.54, 1.807) is 18.7 Å². The molecule has 170 valence electrons. The number of likely N-dealkylation sites (tertiary alicyclic amines) is 1. The second-order valence-corrected chi connectivity index (χ2v) is 8.66. The molecule has 1 aromatic rings. The maximum Gasteiger partial charge on any atom is 0.326 e. The summed E-state index contributed by atoms with van der Waals surface area (Å²) in [6, 6.07) is 7.75. The van der Waals surface area contributed by atoms with Gasteiger partial charge in [0.25, 0.3) is 0 Å². The Balaban J connectivity index is 1.70. The number of hydrogen-bond donors (Lipinski definition) is 2. The Morgan fingerprint density at radius 2 is 1.90 bits per heavy atom. The van der Waals surface area contributed by atoms with Crippen molar-refractivity contribution in [2.24, 2.45) is 5.92 Å². The summed E-state index contributed by atoms with van der Waals surface area (Å²) in [5, 5.41) is 12.9. The van der Waals surface area contributed by atoms with E-state index in [1.165, 1.54) is 0 Å². The van der Waals surface area contributed by atoms with E-state index in [4.69, 9.17) is 4.74 Å². The quantitative estimate of drug-likeness (QED) is 0.585. The lowest BCUT2D eigenvalue weighted by Crippen LogP contribution is -2.55. The topological polar surface area (TPSA) is 95.9 Å². The van der Waals surface area contributed by atoms with Crippen molar-refractivity contribution in [2.45, 2.75) is 83.0 Å². The molecule has 3 rings (SSSR count). The second-order valence-electron chi connectivity index (χ2n) is 8.66. The number of fused-ring (bicyclic) bond motifs is 1. The molecule has 1 aromatic carbocycles. The average Bonchev–Trinajstić information content (AvgIpc) is 3.16. The van der Waals surface area contributed by atoms with Gasteiger partial charge in [0.05, 0.1) is 12.6 Å². The van der Waals surface area contributed by atoms with Crippen molar-refractivity contribution in [3.05, 3.63) is 35.9 Å². The number of carboxylic acids is 1. The van der Waals surface area contributed by atoms with Gasteiger partial charge in [0.2, 0.25) is 5.91 Å². The van der Waals surface area contributed by atoms with Crippen LogP contribution in [0.25, 0.3) is 0 Å². The molecule has 1 heterocycles. The summed E-state index contributed by atoms with van der Waals surface area (Å²) in [5.41, 5.74) is 1.10. The summed E-state index contributed by atoms with van der Waals surface area (Å²) in [6.07, 6.45) is 5.62. The smallest absolute Gasteiger partial charge is 0.326 e. The minimum atomic E-state index is -0.944. The third-order valence-corrected chi connectivity index (χ3v) is 6.58. The first kappa shape index (κ1) is 23.3. The Hall–Kier alpha value is -2.41. The molecule has 1 aliphatic heterocycles. The first-order valence-electron chi connectivity index (χ1n) is 11.4. The second kappa shape index (κ2) is 10.8. The van der Waals surface area contributed by atoms with Crippen molar-refractivity contribution in [1.29, 1.82) is 0 Å². The van der Waals surface area contributed by atoms with E-state index in [1.807, 2.05) is 30.3 Å². The minimum Gasteiger partial charge on any atom is -0.480 e. The molecule has 0 radical (unpaired) electrons. The number of benzene rings is 1. The number of carboxylic acid groups (broad SMARTS) is 1. The van der Waals surface area contributed by atoms with Gasteiger partial charge in [0.15, 0.2) is 0 Å². The summed E-state index contributed by atoms with van der Waals surface area (Å²) in [7, 11) is 0. The number of amides is 1. The zero-order chi connectivity index (χ0) is 22.4. The molecule has 1 amide bonds. The summed E-state index contributed by atoms with van der Waals surface area (Å²) >= 11 is 0. The highest BCUT2D eigenvalue weighted by atomic mass is 16.5. The van der Waals surface area contributed by atoms with Gasteiger partial charge in [-0.25, -0.2) is 4.79 Å². The molecule has 1 saturated carbocycles. The third kappa shape index (κ3) is 5.64. The first-order chi connectivity index (χ1) is 14.9. The molecule has 1 saturated heterocycles. The maximum absolute atomic E-state index is 13.4. The molecule has 7 nitrogen and oxygen atoms in total. The summed E-state index contributed by atoms with van der Waals surface area (Å²) in [6.45, 7) is 3.74. The Labute approximate surface area is 184 Å². The molecule has 1 aliphatic carbocycles. The number of hydrogen-bond acceptors (Lipinski definition) is 5. The van der Waals surface area contributed by atoms with Crippen molar-refractivity contribution in [1.82, 2.24) is 10.2 Å². The van der Waals surface area contributed by atoms with E-state index in [9.17, 15) is 19.5 Å². The molecule has 0 aromatic heterocycles. The molecule has 2 N–H and O–H groups in total. The molecular weight excluding hydrogens is 396 g/mol. The highest BCUT2D eigenvalue weighted by Crippen LogP contribution is 2.40. The van der Waals surface area contributed by atoms with Crippen molar-refractivity contribution >= 4 is 17.8 Å². The zero-order valence-electron chi connectivity index (χ0n) is 18.5. The number of rotatable bonds is 9. The number of aryl methyl sites for hydroxylation is 1. The number of nitrogens with zero attached hydrogens (tertiary/aromatic N) is 1. The van der Waals surface area contributed by atoms with Crippen LogP contribution in [-0.2, 0) is 25.5 Å². The average molecular weight is 431 g/mol. The Bertz CT molecular complexity index is 768. The number of carbonyl (C=O) groups excluding carboxylic acids is 2. The SMILES string of the molecule is CCOC(=O)[C@H](CCc1ccccc1)N[C@@H](C)C(=O)N1[C@@H](C(=O)O)C[C@H]2CCCC[C@H]21. The summed E-state index contributed by atoms with van der Waals surface area (Å²) in [4.78, 5) is 39.3. The van der Waals surface area contributed by atoms with Crippen LogP contribution in [0.2, 0.25) is 0 Å². The normalized spacial score (nSPS) is 24.8. The first-order valence-corrected chi connectivity index (χ1v) is 11.4. The number of esters is 1. The Morgan fingerprint density at radius 3 is 2.58 bits per heavy atom. The monoisotopic (exact) mass is 430 g/mol. The van der Waals surface area contributed by atoms with Gasteiger partial charge in [0.1, 0.15) is 12.1 Å². The van der Waals surface area contributed by atoms with Crippen LogP contribution in [0.3, 0.4) is 0 Å². The van der Waals surface area contributed by atoms with Gasteiger partial charge < -0.3 is 14.7 Å². The fourth-order valence-electron chi connectivity index (χ4n) is 5.06.